The molecule has 2 N–H and O–H groups in total. The molecule has 1 fully saturated rings. The van der Waals surface area contributed by atoms with E-state index in [2.05, 4.69) is 44.0 Å². The largest absolute Gasteiger partial charge is 0.496 e. The van der Waals surface area contributed by atoms with Crippen LogP contribution in [0.1, 0.15) is 49.8 Å². The van der Waals surface area contributed by atoms with Crippen LogP contribution in [-0.4, -0.2) is 31.6 Å². The molecule has 0 aliphatic heterocycles. The molecular weight excluding hydrogens is 260 g/mol. The van der Waals surface area contributed by atoms with Gasteiger partial charge < -0.3 is 10.5 Å². The van der Waals surface area contributed by atoms with E-state index in [9.17, 15) is 0 Å². The number of ether oxygens (including phenoxy) is 1. The molecule has 1 aromatic rings. The molecule has 0 spiro atoms. The van der Waals surface area contributed by atoms with Gasteiger partial charge in [0.2, 0.25) is 0 Å². The van der Waals surface area contributed by atoms with Gasteiger partial charge in [0.25, 0.3) is 0 Å². The Morgan fingerprint density at radius 1 is 1.33 bits per heavy atom. The molecule has 1 aliphatic carbocycles. The van der Waals surface area contributed by atoms with Gasteiger partial charge in [-0.2, -0.15) is 0 Å². The van der Waals surface area contributed by atoms with Gasteiger partial charge in [0.1, 0.15) is 5.75 Å². The molecule has 0 amide bonds. The lowest BCUT2D eigenvalue weighted by molar-refractivity contribution is 0.0991. The minimum absolute atomic E-state index is 0.292. The fraction of sp³-hybridized carbons (Fsp3) is 0.667. The number of methoxy groups -OCH3 is 1. The predicted octanol–water partition coefficient (Wildman–Crippen LogP) is 3.51. The summed E-state index contributed by atoms with van der Waals surface area (Å²) >= 11 is 0. The number of hydrogen-bond donors (Lipinski definition) is 1. The van der Waals surface area contributed by atoms with Crippen molar-refractivity contribution in [1.82, 2.24) is 4.90 Å². The van der Waals surface area contributed by atoms with E-state index >= 15 is 0 Å². The van der Waals surface area contributed by atoms with Gasteiger partial charge in [0.15, 0.2) is 0 Å². The summed E-state index contributed by atoms with van der Waals surface area (Å²) in [6.45, 7) is 5.14. The maximum absolute atomic E-state index is 6.11. The van der Waals surface area contributed by atoms with Crippen molar-refractivity contribution in [1.29, 1.82) is 0 Å². The summed E-state index contributed by atoms with van der Waals surface area (Å²) in [5, 5.41) is 0. The average molecular weight is 290 g/mol. The van der Waals surface area contributed by atoms with E-state index in [1.165, 1.54) is 36.8 Å². The van der Waals surface area contributed by atoms with E-state index in [0.29, 0.717) is 18.6 Å². The average Bonchev–Trinajstić information content (AvgIpc) is 2.48. The highest BCUT2D eigenvalue weighted by molar-refractivity contribution is 5.37. The number of rotatable bonds is 5. The van der Waals surface area contributed by atoms with Crippen LogP contribution in [0.4, 0.5) is 0 Å². The van der Waals surface area contributed by atoms with Crippen LogP contribution < -0.4 is 10.5 Å². The molecule has 0 bridgehead atoms. The molecule has 3 unspecified atom stereocenters. The van der Waals surface area contributed by atoms with Crippen molar-refractivity contribution in [2.24, 2.45) is 11.7 Å². The number of nitrogens with two attached hydrogens (primary N) is 1. The van der Waals surface area contributed by atoms with E-state index < -0.39 is 0 Å². The second-order valence-corrected chi connectivity index (χ2v) is 6.48. The van der Waals surface area contributed by atoms with Crippen molar-refractivity contribution in [3.8, 4) is 5.75 Å². The maximum atomic E-state index is 6.11. The van der Waals surface area contributed by atoms with Gasteiger partial charge in [-0.15, -0.1) is 0 Å². The topological polar surface area (TPSA) is 38.5 Å². The smallest absolute Gasteiger partial charge is 0.121 e. The molecule has 0 radical (unpaired) electrons. The molecule has 1 aromatic carbocycles. The SMILES string of the molecule is COc1ccc(C(CN)N(C)C2CCCCC2C)cc1C. The third kappa shape index (κ3) is 3.58. The first kappa shape index (κ1) is 16.3. The van der Waals surface area contributed by atoms with E-state index in [-0.39, 0.29) is 0 Å². The zero-order valence-electron chi connectivity index (χ0n) is 13.9. The Bertz CT molecular complexity index is 461. The first-order valence-electron chi connectivity index (χ1n) is 8.15. The fourth-order valence-electron chi connectivity index (χ4n) is 3.78. The number of likely N-dealkylation sites (N-methyl/N-ethyl adjacent to an activating group) is 1. The van der Waals surface area contributed by atoms with Gasteiger partial charge in [0.05, 0.1) is 7.11 Å². The van der Waals surface area contributed by atoms with Gasteiger partial charge in [0, 0.05) is 18.6 Å². The summed E-state index contributed by atoms with van der Waals surface area (Å²) in [7, 11) is 3.96. The predicted molar refractivity (Wildman–Crippen MR) is 88.7 cm³/mol. The highest BCUT2D eigenvalue weighted by atomic mass is 16.5. The van der Waals surface area contributed by atoms with Gasteiger partial charge in [-0.1, -0.05) is 31.9 Å². The van der Waals surface area contributed by atoms with E-state index in [4.69, 9.17) is 10.5 Å². The number of benzene rings is 1. The summed E-state index contributed by atoms with van der Waals surface area (Å²) in [4.78, 5) is 2.51. The van der Waals surface area contributed by atoms with Gasteiger partial charge >= 0.3 is 0 Å². The summed E-state index contributed by atoms with van der Waals surface area (Å²) < 4.78 is 5.36. The van der Waals surface area contributed by atoms with Crippen LogP contribution in [0.5, 0.6) is 5.75 Å². The first-order valence-corrected chi connectivity index (χ1v) is 8.15. The van der Waals surface area contributed by atoms with E-state index in [1.807, 2.05) is 0 Å². The van der Waals surface area contributed by atoms with Crippen LogP contribution in [0.25, 0.3) is 0 Å². The highest BCUT2D eigenvalue weighted by Gasteiger charge is 2.29. The summed E-state index contributed by atoms with van der Waals surface area (Å²) in [5.41, 5.74) is 8.59. The van der Waals surface area contributed by atoms with Crippen molar-refractivity contribution >= 4 is 0 Å². The van der Waals surface area contributed by atoms with Gasteiger partial charge in [-0.05, 0) is 49.9 Å². The minimum atomic E-state index is 0.292. The van der Waals surface area contributed by atoms with Crippen LogP contribution in [0.2, 0.25) is 0 Å². The van der Waals surface area contributed by atoms with Crippen molar-refractivity contribution in [2.75, 3.05) is 20.7 Å². The van der Waals surface area contributed by atoms with E-state index in [1.54, 1.807) is 7.11 Å². The Hall–Kier alpha value is -1.06. The molecule has 3 atom stereocenters. The van der Waals surface area contributed by atoms with Crippen LogP contribution in [-0.2, 0) is 0 Å². The Labute approximate surface area is 129 Å². The summed E-state index contributed by atoms with van der Waals surface area (Å²) in [6, 6.07) is 7.38. The summed E-state index contributed by atoms with van der Waals surface area (Å²) in [6.07, 6.45) is 5.36. The minimum Gasteiger partial charge on any atom is -0.496 e. The third-order valence-corrected chi connectivity index (χ3v) is 5.11. The molecule has 1 saturated carbocycles. The second-order valence-electron chi connectivity index (χ2n) is 6.48. The van der Waals surface area contributed by atoms with Gasteiger partial charge in [-0.3, -0.25) is 4.90 Å². The molecule has 3 nitrogen and oxygen atoms in total. The molecule has 0 heterocycles. The zero-order chi connectivity index (χ0) is 15.4. The fourth-order valence-corrected chi connectivity index (χ4v) is 3.78. The lowest BCUT2D eigenvalue weighted by atomic mass is 9.84. The Morgan fingerprint density at radius 2 is 2.05 bits per heavy atom. The van der Waals surface area contributed by atoms with Crippen LogP contribution in [0.3, 0.4) is 0 Å². The van der Waals surface area contributed by atoms with E-state index in [0.717, 1.165) is 11.7 Å². The van der Waals surface area contributed by atoms with Crippen molar-refractivity contribution < 1.29 is 4.74 Å². The quantitative estimate of drug-likeness (QED) is 0.902. The lowest BCUT2D eigenvalue weighted by Gasteiger charge is -2.40. The van der Waals surface area contributed by atoms with Crippen molar-refractivity contribution in [3.05, 3.63) is 29.3 Å². The molecule has 0 aromatic heterocycles. The highest BCUT2D eigenvalue weighted by Crippen LogP contribution is 2.33. The Kier molecular flexibility index (Phi) is 5.65. The molecule has 1 aliphatic rings. The molecule has 3 heteroatoms. The monoisotopic (exact) mass is 290 g/mol. The molecule has 2 rings (SSSR count). The van der Waals surface area contributed by atoms with Gasteiger partial charge in [-0.25, -0.2) is 0 Å². The summed E-state index contributed by atoms with van der Waals surface area (Å²) in [5.74, 6) is 1.71. The second kappa shape index (κ2) is 7.28. The maximum Gasteiger partial charge on any atom is 0.121 e. The standard InChI is InChI=1S/C18H30N2O/c1-13-7-5-6-8-16(13)20(3)17(12-19)15-9-10-18(21-4)14(2)11-15/h9-11,13,16-17H,5-8,12,19H2,1-4H3. The first-order chi connectivity index (χ1) is 10.1. The van der Waals surface area contributed by atoms with Crippen LogP contribution >= 0.6 is 0 Å². The number of hydrogen-bond acceptors (Lipinski definition) is 3. The molecule has 0 saturated heterocycles. The third-order valence-electron chi connectivity index (χ3n) is 5.11. The lowest BCUT2D eigenvalue weighted by Crippen LogP contribution is -2.43. The zero-order valence-corrected chi connectivity index (χ0v) is 13.9. The normalized spacial score (nSPS) is 24.1. The van der Waals surface area contributed by atoms with Crippen LogP contribution in [0, 0.1) is 12.8 Å². The van der Waals surface area contributed by atoms with Crippen molar-refractivity contribution in [3.63, 3.8) is 0 Å². The Balaban J connectivity index is 2.19. The van der Waals surface area contributed by atoms with Crippen molar-refractivity contribution in [2.45, 2.75) is 51.6 Å². The Morgan fingerprint density at radius 3 is 2.62 bits per heavy atom. The van der Waals surface area contributed by atoms with Crippen LogP contribution in [0.15, 0.2) is 18.2 Å². The molecule has 21 heavy (non-hydrogen) atoms. The molecule has 118 valence electrons. The molecular formula is C18H30N2O. The number of nitrogens with zero attached hydrogens (tertiary/aromatic N) is 1. The number of aryl methyl sites for hydroxylation is 1.